The van der Waals surface area contributed by atoms with Crippen molar-refractivity contribution in [2.75, 3.05) is 31.4 Å². The molecule has 17 heavy (non-hydrogen) atoms. The van der Waals surface area contributed by atoms with Crippen LogP contribution in [-0.2, 0) is 0 Å². The van der Waals surface area contributed by atoms with Crippen LogP contribution in [0.25, 0.3) is 11.3 Å². The average molecular weight is 228 g/mol. The second-order valence-electron chi connectivity index (χ2n) is 3.95. The van der Waals surface area contributed by atoms with Crippen LogP contribution in [-0.4, -0.2) is 31.1 Å². The van der Waals surface area contributed by atoms with Gasteiger partial charge < -0.3 is 10.2 Å². The summed E-state index contributed by atoms with van der Waals surface area (Å²) in [5.41, 5.74) is 2.02. The van der Waals surface area contributed by atoms with E-state index in [2.05, 4.69) is 15.3 Å². The topological polar surface area (TPSA) is 41.1 Å². The number of benzene rings is 1. The molecule has 0 aliphatic rings. The standard InChI is InChI=1S/C13H16N4/c1-14-12-9-11(10-7-5-4-6-8-10)15-13(16-12)17(2)3/h4-9H,1-3H3,(H,14,15,16). The second kappa shape index (κ2) is 4.82. The Kier molecular flexibility index (Phi) is 3.23. The molecule has 88 valence electrons. The van der Waals surface area contributed by atoms with Crippen molar-refractivity contribution in [1.29, 1.82) is 0 Å². The van der Waals surface area contributed by atoms with E-state index in [0.717, 1.165) is 17.1 Å². The molecule has 0 radical (unpaired) electrons. The zero-order valence-corrected chi connectivity index (χ0v) is 10.3. The van der Waals surface area contributed by atoms with Gasteiger partial charge in [0.25, 0.3) is 0 Å². The Labute approximate surface area is 101 Å². The van der Waals surface area contributed by atoms with Crippen LogP contribution in [0, 0.1) is 0 Å². The maximum absolute atomic E-state index is 4.53. The zero-order chi connectivity index (χ0) is 12.3. The predicted octanol–water partition coefficient (Wildman–Crippen LogP) is 2.25. The normalized spacial score (nSPS) is 10.1. The number of nitrogens with one attached hydrogen (secondary N) is 1. The zero-order valence-electron chi connectivity index (χ0n) is 10.3. The number of anilines is 2. The van der Waals surface area contributed by atoms with Gasteiger partial charge in [-0.2, -0.15) is 4.98 Å². The summed E-state index contributed by atoms with van der Waals surface area (Å²) in [6.45, 7) is 0. The van der Waals surface area contributed by atoms with Gasteiger partial charge in [-0.1, -0.05) is 30.3 Å². The average Bonchev–Trinajstić information content (AvgIpc) is 2.39. The van der Waals surface area contributed by atoms with Gasteiger partial charge in [0.05, 0.1) is 5.69 Å². The molecule has 1 aromatic carbocycles. The van der Waals surface area contributed by atoms with Crippen molar-refractivity contribution in [3.8, 4) is 11.3 Å². The van der Waals surface area contributed by atoms with E-state index in [1.54, 1.807) is 0 Å². The molecule has 2 rings (SSSR count). The Hall–Kier alpha value is -2.10. The number of rotatable bonds is 3. The van der Waals surface area contributed by atoms with Gasteiger partial charge in [0, 0.05) is 32.8 Å². The third kappa shape index (κ3) is 2.53. The Bertz CT molecular complexity index is 494. The molecule has 4 nitrogen and oxygen atoms in total. The van der Waals surface area contributed by atoms with Gasteiger partial charge in [0.1, 0.15) is 5.82 Å². The van der Waals surface area contributed by atoms with Crippen molar-refractivity contribution in [1.82, 2.24) is 9.97 Å². The summed E-state index contributed by atoms with van der Waals surface area (Å²) in [4.78, 5) is 10.8. The van der Waals surface area contributed by atoms with Crippen LogP contribution >= 0.6 is 0 Å². The van der Waals surface area contributed by atoms with E-state index in [1.165, 1.54) is 0 Å². The smallest absolute Gasteiger partial charge is 0.227 e. The Morgan fingerprint density at radius 2 is 1.76 bits per heavy atom. The fourth-order valence-electron chi connectivity index (χ4n) is 1.52. The van der Waals surface area contributed by atoms with Crippen LogP contribution in [0.1, 0.15) is 0 Å². The van der Waals surface area contributed by atoms with Gasteiger partial charge in [0.15, 0.2) is 0 Å². The molecule has 0 saturated heterocycles. The molecular formula is C13H16N4. The lowest BCUT2D eigenvalue weighted by Crippen LogP contribution is -2.14. The molecule has 2 aromatic rings. The molecule has 0 aliphatic heterocycles. The predicted molar refractivity (Wildman–Crippen MR) is 71.3 cm³/mol. The molecule has 0 fully saturated rings. The molecule has 1 N–H and O–H groups in total. The van der Waals surface area contributed by atoms with Crippen LogP contribution in [0.4, 0.5) is 11.8 Å². The summed E-state index contributed by atoms with van der Waals surface area (Å²) >= 11 is 0. The summed E-state index contributed by atoms with van der Waals surface area (Å²) in [6, 6.07) is 12.0. The SMILES string of the molecule is CNc1cc(-c2ccccc2)nc(N(C)C)n1. The van der Waals surface area contributed by atoms with Crippen LogP contribution in [0.3, 0.4) is 0 Å². The van der Waals surface area contributed by atoms with Gasteiger partial charge in [-0.05, 0) is 0 Å². The molecule has 0 bridgehead atoms. The van der Waals surface area contributed by atoms with E-state index >= 15 is 0 Å². The third-order valence-electron chi connectivity index (χ3n) is 2.44. The maximum Gasteiger partial charge on any atom is 0.227 e. The molecule has 0 atom stereocenters. The number of hydrogen-bond acceptors (Lipinski definition) is 4. The molecule has 4 heteroatoms. The van der Waals surface area contributed by atoms with E-state index in [4.69, 9.17) is 0 Å². The first-order valence-corrected chi connectivity index (χ1v) is 5.50. The van der Waals surface area contributed by atoms with Crippen molar-refractivity contribution >= 4 is 11.8 Å². The molecule has 0 aliphatic carbocycles. The number of hydrogen-bond donors (Lipinski definition) is 1. The first-order valence-electron chi connectivity index (χ1n) is 5.50. The summed E-state index contributed by atoms with van der Waals surface area (Å²) < 4.78 is 0. The van der Waals surface area contributed by atoms with Gasteiger partial charge >= 0.3 is 0 Å². The fraction of sp³-hybridized carbons (Fsp3) is 0.231. The van der Waals surface area contributed by atoms with Crippen molar-refractivity contribution in [2.24, 2.45) is 0 Å². The molecular weight excluding hydrogens is 212 g/mol. The third-order valence-corrected chi connectivity index (χ3v) is 2.44. The first kappa shape index (κ1) is 11.4. The van der Waals surface area contributed by atoms with E-state index in [9.17, 15) is 0 Å². The van der Waals surface area contributed by atoms with Crippen molar-refractivity contribution in [3.05, 3.63) is 36.4 Å². The van der Waals surface area contributed by atoms with E-state index in [-0.39, 0.29) is 0 Å². The lowest BCUT2D eigenvalue weighted by Gasteiger charge is -2.13. The summed E-state index contributed by atoms with van der Waals surface area (Å²) in [7, 11) is 5.73. The Morgan fingerprint density at radius 3 is 2.35 bits per heavy atom. The highest BCUT2D eigenvalue weighted by Crippen LogP contribution is 2.21. The molecule has 1 aromatic heterocycles. The lowest BCUT2D eigenvalue weighted by atomic mass is 10.1. The van der Waals surface area contributed by atoms with Crippen LogP contribution in [0.5, 0.6) is 0 Å². The highest BCUT2D eigenvalue weighted by Gasteiger charge is 2.06. The number of aromatic nitrogens is 2. The van der Waals surface area contributed by atoms with Crippen molar-refractivity contribution in [3.63, 3.8) is 0 Å². The number of nitrogens with zero attached hydrogens (tertiary/aromatic N) is 3. The largest absolute Gasteiger partial charge is 0.373 e. The lowest BCUT2D eigenvalue weighted by molar-refractivity contribution is 1.00. The first-order chi connectivity index (χ1) is 8.20. The van der Waals surface area contributed by atoms with Crippen LogP contribution < -0.4 is 10.2 Å². The quantitative estimate of drug-likeness (QED) is 0.874. The highest BCUT2D eigenvalue weighted by atomic mass is 15.2. The van der Waals surface area contributed by atoms with E-state index < -0.39 is 0 Å². The maximum atomic E-state index is 4.53. The minimum absolute atomic E-state index is 0.704. The molecule has 0 unspecified atom stereocenters. The molecule has 1 heterocycles. The van der Waals surface area contributed by atoms with Gasteiger partial charge in [-0.15, -0.1) is 0 Å². The van der Waals surface area contributed by atoms with Gasteiger partial charge in [0.2, 0.25) is 5.95 Å². The molecule has 0 saturated carbocycles. The highest BCUT2D eigenvalue weighted by molar-refractivity contribution is 5.64. The second-order valence-corrected chi connectivity index (χ2v) is 3.95. The van der Waals surface area contributed by atoms with Crippen LogP contribution in [0.2, 0.25) is 0 Å². The summed E-state index contributed by atoms with van der Waals surface area (Å²) in [5.74, 6) is 1.53. The minimum Gasteiger partial charge on any atom is -0.373 e. The van der Waals surface area contributed by atoms with E-state index in [1.807, 2.05) is 62.4 Å². The summed E-state index contributed by atoms with van der Waals surface area (Å²) in [5, 5.41) is 3.05. The monoisotopic (exact) mass is 228 g/mol. The van der Waals surface area contributed by atoms with Crippen molar-refractivity contribution < 1.29 is 0 Å². The Morgan fingerprint density at radius 1 is 1.06 bits per heavy atom. The van der Waals surface area contributed by atoms with Gasteiger partial charge in [-0.25, -0.2) is 4.98 Å². The Balaban J connectivity index is 2.50. The minimum atomic E-state index is 0.704. The van der Waals surface area contributed by atoms with Crippen LogP contribution in [0.15, 0.2) is 36.4 Å². The summed E-state index contributed by atoms with van der Waals surface area (Å²) in [6.07, 6.45) is 0. The van der Waals surface area contributed by atoms with Crippen molar-refractivity contribution in [2.45, 2.75) is 0 Å². The fourth-order valence-corrected chi connectivity index (χ4v) is 1.52. The van der Waals surface area contributed by atoms with Gasteiger partial charge in [-0.3, -0.25) is 0 Å². The van der Waals surface area contributed by atoms with E-state index in [0.29, 0.717) is 5.95 Å². The molecule has 0 amide bonds. The molecule has 0 spiro atoms.